The largest absolute Gasteiger partial charge is 1.00 e. The summed E-state index contributed by atoms with van der Waals surface area (Å²) in [4.78, 5) is 12.1. The normalized spacial score (nSPS) is 5.62. The Morgan fingerprint density at radius 3 is 2.50 bits per heavy atom. The van der Waals surface area contributed by atoms with E-state index < -0.39 is 5.97 Å². The van der Waals surface area contributed by atoms with E-state index in [0.29, 0.717) is 0 Å². The second kappa shape index (κ2) is 6.45. The Kier molecular flexibility index (Phi) is 8.41. The van der Waals surface area contributed by atoms with Gasteiger partial charge in [-0.25, -0.2) is 0 Å². The standard InChI is InChI=1S/C3H3N2O2.Li/c1-7-3(6)2-5-4;/h1H3;/q-1;+1. The van der Waals surface area contributed by atoms with Crippen LogP contribution in [0, 0.1) is 0 Å². The van der Waals surface area contributed by atoms with Crippen LogP contribution in [0.5, 0.6) is 0 Å². The van der Waals surface area contributed by atoms with Crippen LogP contribution in [0.25, 0.3) is 5.53 Å². The average molecular weight is 106 g/mol. The zero-order chi connectivity index (χ0) is 5.70. The van der Waals surface area contributed by atoms with Gasteiger partial charge in [0.25, 0.3) is 0 Å². The van der Waals surface area contributed by atoms with Crippen LogP contribution in [-0.4, -0.2) is 24.1 Å². The molecule has 0 aliphatic heterocycles. The van der Waals surface area contributed by atoms with E-state index in [0.717, 1.165) is 0 Å². The van der Waals surface area contributed by atoms with E-state index in [-0.39, 0.29) is 18.9 Å². The molecule has 4 nitrogen and oxygen atoms in total. The van der Waals surface area contributed by atoms with Crippen LogP contribution in [0.1, 0.15) is 0 Å². The van der Waals surface area contributed by atoms with Gasteiger partial charge in [0.15, 0.2) is 0 Å². The second-order valence-electron chi connectivity index (χ2n) is 0.703. The quantitative estimate of drug-likeness (QED) is 0.0863. The van der Waals surface area contributed by atoms with Crippen LogP contribution in [0.4, 0.5) is 0 Å². The van der Waals surface area contributed by atoms with Crippen LogP contribution in [0.3, 0.4) is 0 Å². The molecule has 0 aromatic heterocycles. The summed E-state index contributed by atoms with van der Waals surface area (Å²) >= 11 is 0. The van der Waals surface area contributed by atoms with Gasteiger partial charge in [0.05, 0.1) is 13.3 Å². The van der Waals surface area contributed by atoms with Crippen molar-refractivity contribution in [2.75, 3.05) is 7.11 Å². The molecular weight excluding hydrogens is 103 g/mol. The molecule has 0 saturated carbocycles. The zero-order valence-electron chi connectivity index (χ0n) is 4.71. The molecule has 0 rings (SSSR count). The molecule has 0 fully saturated rings. The Morgan fingerprint density at radius 1 is 1.88 bits per heavy atom. The number of esters is 1. The van der Waals surface area contributed by atoms with E-state index in [9.17, 15) is 4.79 Å². The molecule has 0 spiro atoms. The molecule has 38 valence electrons. The smallest absolute Gasteiger partial charge is 0.488 e. The van der Waals surface area contributed by atoms with Gasteiger partial charge in [-0.1, -0.05) is 0 Å². The third kappa shape index (κ3) is 5.45. The number of nitrogens with zero attached hydrogens (tertiary/aromatic N) is 2. The summed E-state index contributed by atoms with van der Waals surface area (Å²) in [6, 6.07) is 0. The van der Waals surface area contributed by atoms with Crippen molar-refractivity contribution in [1.29, 1.82) is 0 Å². The van der Waals surface area contributed by atoms with E-state index in [1.165, 1.54) is 7.11 Å². The van der Waals surface area contributed by atoms with Gasteiger partial charge in [0, 0.05) is 0 Å². The van der Waals surface area contributed by atoms with E-state index in [1.54, 1.807) is 6.21 Å². The molecule has 0 aromatic rings. The van der Waals surface area contributed by atoms with Gasteiger partial charge in [-0.3, -0.25) is 4.79 Å². The van der Waals surface area contributed by atoms with Crippen LogP contribution < -0.4 is 18.9 Å². The fourth-order valence-electron chi connectivity index (χ4n) is 0.0865. The van der Waals surface area contributed by atoms with Crippen molar-refractivity contribution in [1.82, 2.24) is 0 Å². The first-order chi connectivity index (χ1) is 3.31. The minimum absolute atomic E-state index is 0. The maximum atomic E-state index is 9.82. The summed E-state index contributed by atoms with van der Waals surface area (Å²) < 4.78 is 3.99. The summed E-state index contributed by atoms with van der Waals surface area (Å²) in [6.07, 6.45) is 1.61. The number of methoxy groups -OCH3 is 1. The van der Waals surface area contributed by atoms with Crippen LogP contribution in [-0.2, 0) is 9.53 Å². The molecule has 0 aliphatic rings. The van der Waals surface area contributed by atoms with E-state index in [2.05, 4.69) is 9.53 Å². The van der Waals surface area contributed by atoms with Gasteiger partial charge in [-0.15, -0.1) is 0 Å². The van der Waals surface area contributed by atoms with Crippen molar-refractivity contribution in [3.05, 3.63) is 5.53 Å². The number of rotatable bonds is 1. The van der Waals surface area contributed by atoms with E-state index >= 15 is 0 Å². The first-order valence-electron chi connectivity index (χ1n) is 1.49. The molecule has 0 radical (unpaired) electrons. The minimum atomic E-state index is -0.789. The van der Waals surface area contributed by atoms with Crippen molar-refractivity contribution >= 4 is 12.2 Å². The Labute approximate surface area is 58.6 Å². The van der Waals surface area contributed by atoms with Gasteiger partial charge in [-0.05, 0) is 0 Å². The summed E-state index contributed by atoms with van der Waals surface area (Å²) in [7, 11) is 1.17. The molecule has 0 N–H and O–H groups in total. The molecule has 0 amide bonds. The fraction of sp³-hybridized carbons (Fsp3) is 0.333. The second-order valence-corrected chi connectivity index (χ2v) is 0.703. The average Bonchev–Trinajstić information content (AvgIpc) is 1.68. The summed E-state index contributed by atoms with van der Waals surface area (Å²) in [6.45, 7) is 0. The van der Waals surface area contributed by atoms with E-state index in [4.69, 9.17) is 5.53 Å². The number of carbonyl (C=O) groups excluding carboxylic acids is 1. The fourth-order valence-corrected chi connectivity index (χ4v) is 0.0865. The third-order valence-electron chi connectivity index (χ3n) is 0.327. The summed E-state index contributed by atoms with van der Waals surface area (Å²) in [5.41, 5.74) is 7.58. The topological polar surface area (TPSA) is 62.7 Å². The number of hydrogen-bond donors (Lipinski definition) is 0. The molecule has 0 saturated heterocycles. The van der Waals surface area contributed by atoms with Crippen molar-refractivity contribution in [2.45, 2.75) is 0 Å². The molecule has 0 bridgehead atoms. The van der Waals surface area contributed by atoms with Crippen LogP contribution in [0.15, 0.2) is 0 Å². The van der Waals surface area contributed by atoms with Gasteiger partial charge < -0.3 is 15.1 Å². The molecule has 0 aliphatic carbocycles. The summed E-state index contributed by atoms with van der Waals surface area (Å²) in [5.74, 6) is -0.789. The zero-order valence-corrected chi connectivity index (χ0v) is 4.71. The molecule has 0 heterocycles. The molecule has 0 aromatic carbocycles. The maximum absolute atomic E-state index is 9.82. The Bertz CT molecular complexity index is 118. The van der Waals surface area contributed by atoms with Crippen LogP contribution in [0.2, 0.25) is 0 Å². The number of carbonyl (C=O) groups is 1. The number of ether oxygens (including phenoxy) is 1. The SMILES string of the molecule is COC(=O)[C-]=[N+]=[N-].[Li+]. The molecule has 5 heteroatoms. The maximum Gasteiger partial charge on any atom is 1.00 e. The predicted octanol–water partition coefficient (Wildman–Crippen LogP) is -3.66. The molecule has 8 heavy (non-hydrogen) atoms. The molecular formula is C3H3LiN2O2. The Balaban J connectivity index is 0. The predicted molar refractivity (Wildman–Crippen MR) is 20.6 cm³/mol. The first-order valence-corrected chi connectivity index (χ1v) is 1.49. The monoisotopic (exact) mass is 106 g/mol. The minimum Gasteiger partial charge on any atom is -0.488 e. The third-order valence-corrected chi connectivity index (χ3v) is 0.327. The van der Waals surface area contributed by atoms with Crippen molar-refractivity contribution < 1.29 is 33.2 Å². The van der Waals surface area contributed by atoms with Crippen molar-refractivity contribution in [3.8, 4) is 0 Å². The Hall–Kier alpha value is -0.553. The summed E-state index contributed by atoms with van der Waals surface area (Å²) in [5, 5.41) is 0. The van der Waals surface area contributed by atoms with Gasteiger partial charge >= 0.3 is 18.9 Å². The molecule has 0 atom stereocenters. The first kappa shape index (κ1) is 10.4. The van der Waals surface area contributed by atoms with Gasteiger partial charge in [-0.2, -0.15) is 0 Å². The number of hydrogen-bond acceptors (Lipinski definition) is 2. The van der Waals surface area contributed by atoms with Crippen LogP contribution >= 0.6 is 0 Å². The molecule has 0 unspecified atom stereocenters. The van der Waals surface area contributed by atoms with E-state index in [1.807, 2.05) is 0 Å². The Morgan fingerprint density at radius 2 is 2.38 bits per heavy atom. The van der Waals surface area contributed by atoms with Gasteiger partial charge in [0.2, 0.25) is 5.97 Å². The van der Waals surface area contributed by atoms with Gasteiger partial charge in [0.1, 0.15) is 0 Å². The van der Waals surface area contributed by atoms with Crippen molar-refractivity contribution in [2.24, 2.45) is 0 Å². The van der Waals surface area contributed by atoms with Crippen molar-refractivity contribution in [3.63, 3.8) is 0 Å².